The molecule has 0 saturated carbocycles. The number of allylic oxidation sites excluding steroid dienone is 1. The van der Waals surface area contributed by atoms with Gasteiger partial charge in [-0.05, 0) is 0 Å². The summed E-state index contributed by atoms with van der Waals surface area (Å²) in [5.74, 6) is -3.78. The fourth-order valence-corrected chi connectivity index (χ4v) is 0.439. The van der Waals surface area contributed by atoms with Crippen molar-refractivity contribution >= 4 is 35.5 Å². The quantitative estimate of drug-likeness (QED) is 0.228. The molecule has 0 spiro atoms. The second-order valence-corrected chi connectivity index (χ2v) is 1.82. The topological polar surface area (TPSA) is 70.3 Å². The van der Waals surface area contributed by atoms with E-state index in [1.807, 2.05) is 0 Å². The van der Waals surface area contributed by atoms with Gasteiger partial charge in [0.15, 0.2) is 5.57 Å². The van der Waals surface area contributed by atoms with Crippen LogP contribution in [0.5, 0.6) is 0 Å². The minimum absolute atomic E-state index is 0. The van der Waals surface area contributed by atoms with Crippen molar-refractivity contribution < 1.29 is 27.8 Å². The zero-order valence-corrected chi connectivity index (χ0v) is 6.34. The normalized spacial score (nSPS) is 11.9. The Morgan fingerprint density at radius 1 is 1.50 bits per heavy atom. The molecule has 1 N–H and O–H groups in total. The maximum absolute atomic E-state index is 11.7. The van der Waals surface area contributed by atoms with Gasteiger partial charge in [-0.25, -0.2) is 4.79 Å². The third-order valence-corrected chi connectivity index (χ3v) is 1.01. The number of esters is 1. The van der Waals surface area contributed by atoms with Gasteiger partial charge < -0.3 is 9.84 Å². The van der Waals surface area contributed by atoms with Crippen molar-refractivity contribution in [2.75, 3.05) is 7.11 Å². The van der Waals surface area contributed by atoms with Gasteiger partial charge >= 0.3 is 41.7 Å². The van der Waals surface area contributed by atoms with Gasteiger partial charge in [-0.3, -0.25) is 0 Å². The Bertz CT molecular complexity index is 292. The Balaban J connectivity index is 0. The summed E-state index contributed by atoms with van der Waals surface area (Å²) in [5, 5.41) is 16.5. The van der Waals surface area contributed by atoms with E-state index in [-0.39, 0.29) is 29.6 Å². The number of ether oxygens (including phenoxy) is 1. The molecule has 0 amide bonds. The Morgan fingerprint density at radius 2 is 1.93 bits per heavy atom. The zero-order chi connectivity index (χ0) is 10.6. The number of alkyl halides is 3. The number of carbonyl (C=O) groups excluding carboxylic acids is 1. The number of nitrogens with zero attached hydrogens (tertiary/aromatic N) is 1. The average Bonchev–Trinajstić information content (AvgIpc) is 2.03. The van der Waals surface area contributed by atoms with E-state index in [2.05, 4.69) is 4.74 Å². The summed E-state index contributed by atoms with van der Waals surface area (Å²) < 4.78 is 39.0. The van der Waals surface area contributed by atoms with Crippen molar-refractivity contribution in [1.29, 1.82) is 5.26 Å². The van der Waals surface area contributed by atoms with Crippen molar-refractivity contribution in [1.82, 2.24) is 0 Å². The summed E-state index contributed by atoms with van der Waals surface area (Å²) in [6.45, 7) is 0. The second-order valence-electron chi connectivity index (χ2n) is 1.82. The fraction of sp³-hybridized carbons (Fsp3) is 0.333. The van der Waals surface area contributed by atoms with Crippen LogP contribution < -0.4 is 0 Å². The number of halogens is 3. The Labute approximate surface area is 99.2 Å². The zero-order valence-electron chi connectivity index (χ0n) is 6.34. The summed E-state index contributed by atoms with van der Waals surface area (Å²) in [4.78, 5) is 10.5. The van der Waals surface area contributed by atoms with Gasteiger partial charge in [0.05, 0.1) is 7.11 Å². The van der Waals surface area contributed by atoms with Gasteiger partial charge in [0, 0.05) is 0 Å². The summed E-state index contributed by atoms with van der Waals surface area (Å²) in [7, 11) is 0.795. The molecule has 0 aliphatic heterocycles. The number of hydrogen-bond donors (Lipinski definition) is 1. The molecule has 0 bridgehead atoms. The first-order valence-electron chi connectivity index (χ1n) is 2.83. The molecular formula is C6H5F3NNaO3. The van der Waals surface area contributed by atoms with Crippen LogP contribution in [0.1, 0.15) is 0 Å². The van der Waals surface area contributed by atoms with Crippen LogP contribution in [-0.2, 0) is 9.53 Å². The molecule has 0 aromatic carbocycles. The van der Waals surface area contributed by atoms with Crippen LogP contribution in [-0.4, -0.2) is 53.9 Å². The summed E-state index contributed by atoms with van der Waals surface area (Å²) in [5.41, 5.74) is -1.46. The van der Waals surface area contributed by atoms with Crippen molar-refractivity contribution in [2.24, 2.45) is 0 Å². The number of methoxy groups -OCH3 is 1. The molecule has 0 aromatic rings. The summed E-state index contributed by atoms with van der Waals surface area (Å²) >= 11 is 0. The molecule has 0 aromatic heterocycles. The van der Waals surface area contributed by atoms with Crippen molar-refractivity contribution in [3.8, 4) is 6.07 Å². The van der Waals surface area contributed by atoms with E-state index in [1.165, 1.54) is 0 Å². The Kier molecular flexibility index (Phi) is 6.64. The molecule has 0 unspecified atom stereocenters. The number of hydrogen-bond acceptors (Lipinski definition) is 4. The van der Waals surface area contributed by atoms with E-state index in [0.29, 0.717) is 0 Å². The van der Waals surface area contributed by atoms with Gasteiger partial charge in [-0.1, -0.05) is 0 Å². The molecule has 0 aliphatic carbocycles. The van der Waals surface area contributed by atoms with Gasteiger partial charge in [0.1, 0.15) is 6.07 Å². The SMILES string of the molecule is COC(=O)/C(C#N)=C(\O)C(F)(F)F.[NaH]. The first-order chi connectivity index (χ1) is 5.84. The first-order valence-corrected chi connectivity index (χ1v) is 2.83. The number of rotatable bonds is 1. The second kappa shape index (κ2) is 5.90. The minimum atomic E-state index is -5.13. The molecule has 74 valence electrons. The average molecular weight is 219 g/mol. The van der Waals surface area contributed by atoms with E-state index in [4.69, 9.17) is 10.4 Å². The van der Waals surface area contributed by atoms with E-state index in [9.17, 15) is 18.0 Å². The molecule has 14 heavy (non-hydrogen) atoms. The Hall–Kier alpha value is -0.710. The van der Waals surface area contributed by atoms with E-state index in [0.717, 1.165) is 13.2 Å². The van der Waals surface area contributed by atoms with Gasteiger partial charge in [-0.2, -0.15) is 18.4 Å². The van der Waals surface area contributed by atoms with E-state index < -0.39 is 23.5 Å². The Morgan fingerprint density at radius 3 is 2.14 bits per heavy atom. The van der Waals surface area contributed by atoms with Crippen LogP contribution in [0.25, 0.3) is 0 Å². The molecule has 0 aliphatic rings. The number of carbonyl (C=O) groups is 1. The first kappa shape index (κ1) is 15.7. The molecule has 0 saturated heterocycles. The molecule has 0 heterocycles. The van der Waals surface area contributed by atoms with Crippen LogP contribution in [0.2, 0.25) is 0 Å². The predicted octanol–water partition coefficient (Wildman–Crippen LogP) is 0.409. The standard InChI is InChI=1S/C6H4F3NO3.Na.H/c1-13-5(12)3(2-10)4(11)6(7,8)9;;/h11H,1H3;;/b4-3-;;. The van der Waals surface area contributed by atoms with Crippen LogP contribution >= 0.6 is 0 Å². The van der Waals surface area contributed by atoms with Crippen LogP contribution in [0.4, 0.5) is 13.2 Å². The van der Waals surface area contributed by atoms with Crippen LogP contribution in [0.15, 0.2) is 11.3 Å². The molecule has 0 fully saturated rings. The van der Waals surface area contributed by atoms with Crippen LogP contribution in [0, 0.1) is 11.3 Å². The van der Waals surface area contributed by atoms with E-state index >= 15 is 0 Å². The van der Waals surface area contributed by atoms with Crippen molar-refractivity contribution in [3.63, 3.8) is 0 Å². The predicted molar refractivity (Wildman–Crippen MR) is 40.5 cm³/mol. The molecule has 0 atom stereocenters. The van der Waals surface area contributed by atoms with Crippen molar-refractivity contribution in [3.05, 3.63) is 11.3 Å². The monoisotopic (exact) mass is 219 g/mol. The maximum atomic E-state index is 11.7. The number of aliphatic hydroxyl groups excluding tert-OH is 1. The molecule has 4 nitrogen and oxygen atoms in total. The molecule has 0 radical (unpaired) electrons. The summed E-state index contributed by atoms with van der Waals surface area (Å²) in [6.07, 6.45) is -5.13. The van der Waals surface area contributed by atoms with Gasteiger partial charge in [0.2, 0.25) is 5.76 Å². The van der Waals surface area contributed by atoms with E-state index in [1.54, 1.807) is 0 Å². The molecule has 0 rings (SSSR count). The van der Waals surface area contributed by atoms with Crippen LogP contribution in [0.3, 0.4) is 0 Å². The molecular weight excluding hydrogens is 214 g/mol. The number of aliphatic hydroxyl groups is 1. The fourth-order valence-electron chi connectivity index (χ4n) is 0.439. The summed E-state index contributed by atoms with van der Waals surface area (Å²) in [6, 6.07) is 0.894. The van der Waals surface area contributed by atoms with Gasteiger partial charge in [-0.15, -0.1) is 0 Å². The van der Waals surface area contributed by atoms with Gasteiger partial charge in [0.25, 0.3) is 0 Å². The number of nitriles is 1. The third kappa shape index (κ3) is 4.00. The van der Waals surface area contributed by atoms with Crippen molar-refractivity contribution in [2.45, 2.75) is 6.18 Å². The third-order valence-electron chi connectivity index (χ3n) is 1.01. The molecule has 8 heteroatoms.